The van der Waals surface area contributed by atoms with Gasteiger partial charge in [0.1, 0.15) is 5.60 Å². The van der Waals surface area contributed by atoms with Gasteiger partial charge in [0.2, 0.25) is 0 Å². The van der Waals surface area contributed by atoms with Crippen molar-refractivity contribution in [1.82, 2.24) is 10.2 Å². The highest BCUT2D eigenvalue weighted by atomic mass is 16.6. The van der Waals surface area contributed by atoms with Gasteiger partial charge >= 0.3 is 6.09 Å². The van der Waals surface area contributed by atoms with Crippen molar-refractivity contribution in [3.63, 3.8) is 0 Å². The SMILES string of the molecule is COc1ccc(CNC(=O)c2cc([N+](=O)[O-])ccc2NC2CCN(C(=O)OC(C)(C)C)CC2)cc1OC. The number of ether oxygens (including phenoxy) is 3. The molecule has 11 heteroatoms. The van der Waals surface area contributed by atoms with Crippen molar-refractivity contribution >= 4 is 23.4 Å². The zero-order chi connectivity index (χ0) is 27.2. The first-order valence-electron chi connectivity index (χ1n) is 12.0. The van der Waals surface area contributed by atoms with E-state index in [9.17, 15) is 19.7 Å². The molecule has 2 aromatic carbocycles. The number of nitrogens with one attached hydrogen (secondary N) is 2. The van der Waals surface area contributed by atoms with Gasteiger partial charge in [-0.2, -0.15) is 0 Å². The first kappa shape index (κ1) is 27.6. The van der Waals surface area contributed by atoms with E-state index in [2.05, 4.69) is 10.6 Å². The summed E-state index contributed by atoms with van der Waals surface area (Å²) < 4.78 is 16.0. The van der Waals surface area contributed by atoms with Gasteiger partial charge < -0.3 is 29.7 Å². The Hall–Kier alpha value is -4.02. The Morgan fingerprint density at radius 2 is 1.73 bits per heavy atom. The van der Waals surface area contributed by atoms with Crippen molar-refractivity contribution in [2.75, 3.05) is 32.6 Å². The van der Waals surface area contributed by atoms with Crippen molar-refractivity contribution < 1.29 is 28.7 Å². The van der Waals surface area contributed by atoms with E-state index in [1.165, 1.54) is 26.4 Å². The molecular formula is C26H34N4O7. The van der Waals surface area contributed by atoms with Crippen LogP contribution >= 0.6 is 0 Å². The van der Waals surface area contributed by atoms with E-state index in [1.807, 2.05) is 20.8 Å². The number of piperidine rings is 1. The Labute approximate surface area is 216 Å². The first-order valence-corrected chi connectivity index (χ1v) is 12.0. The lowest BCUT2D eigenvalue weighted by Gasteiger charge is -2.34. The Morgan fingerprint density at radius 1 is 1.05 bits per heavy atom. The van der Waals surface area contributed by atoms with E-state index < -0.39 is 16.4 Å². The minimum Gasteiger partial charge on any atom is -0.493 e. The van der Waals surface area contributed by atoms with Gasteiger partial charge in [-0.3, -0.25) is 14.9 Å². The molecule has 2 N–H and O–H groups in total. The van der Waals surface area contributed by atoms with Crippen LogP contribution in [0, 0.1) is 10.1 Å². The zero-order valence-corrected chi connectivity index (χ0v) is 21.8. The number of non-ortho nitro benzene ring substituents is 1. The van der Waals surface area contributed by atoms with Crippen molar-refractivity contribution in [2.24, 2.45) is 0 Å². The van der Waals surface area contributed by atoms with E-state index in [4.69, 9.17) is 14.2 Å². The summed E-state index contributed by atoms with van der Waals surface area (Å²) in [4.78, 5) is 37.9. The monoisotopic (exact) mass is 514 g/mol. The third kappa shape index (κ3) is 7.48. The molecule has 1 fully saturated rings. The molecule has 37 heavy (non-hydrogen) atoms. The average Bonchev–Trinajstić information content (AvgIpc) is 2.86. The minimum absolute atomic E-state index is 0.0162. The van der Waals surface area contributed by atoms with Crippen molar-refractivity contribution in [3.05, 3.63) is 57.6 Å². The van der Waals surface area contributed by atoms with Gasteiger partial charge in [-0.15, -0.1) is 0 Å². The Balaban J connectivity index is 1.69. The van der Waals surface area contributed by atoms with Crippen LogP contribution in [0.3, 0.4) is 0 Å². The number of anilines is 1. The molecule has 2 aromatic rings. The number of nitrogens with zero attached hydrogens (tertiary/aromatic N) is 2. The molecular weight excluding hydrogens is 480 g/mol. The fourth-order valence-corrected chi connectivity index (χ4v) is 3.98. The fourth-order valence-electron chi connectivity index (χ4n) is 3.98. The number of nitro groups is 1. The maximum atomic E-state index is 13.1. The lowest BCUT2D eigenvalue weighted by atomic mass is 10.0. The molecule has 11 nitrogen and oxygen atoms in total. The second-order valence-electron chi connectivity index (χ2n) is 9.75. The number of hydrogen-bond donors (Lipinski definition) is 2. The second-order valence-corrected chi connectivity index (χ2v) is 9.75. The molecule has 1 aliphatic heterocycles. The summed E-state index contributed by atoms with van der Waals surface area (Å²) in [5.41, 5.74) is 0.696. The fraction of sp³-hybridized carbons (Fsp3) is 0.462. The number of amides is 2. The zero-order valence-electron chi connectivity index (χ0n) is 21.8. The summed E-state index contributed by atoms with van der Waals surface area (Å²) in [6.07, 6.45) is 0.933. The molecule has 1 aliphatic rings. The third-order valence-electron chi connectivity index (χ3n) is 5.87. The van der Waals surface area contributed by atoms with Crippen molar-refractivity contribution in [1.29, 1.82) is 0 Å². The van der Waals surface area contributed by atoms with Gasteiger partial charge in [0, 0.05) is 43.5 Å². The number of benzene rings is 2. The predicted octanol–water partition coefficient (Wildman–Crippen LogP) is 4.35. The third-order valence-corrected chi connectivity index (χ3v) is 5.87. The van der Waals surface area contributed by atoms with Crippen LogP contribution in [0.25, 0.3) is 0 Å². The number of likely N-dealkylation sites (tertiary alicyclic amines) is 1. The van der Waals surface area contributed by atoms with Gasteiger partial charge in [-0.25, -0.2) is 4.79 Å². The van der Waals surface area contributed by atoms with Gasteiger partial charge in [-0.05, 0) is 57.4 Å². The summed E-state index contributed by atoms with van der Waals surface area (Å²) in [6, 6.07) is 9.45. The maximum Gasteiger partial charge on any atom is 0.410 e. The quantitative estimate of drug-likeness (QED) is 0.392. The number of carbonyl (C=O) groups is 2. The van der Waals surface area contributed by atoms with Crippen LogP contribution in [0.2, 0.25) is 0 Å². The van der Waals surface area contributed by atoms with E-state index in [1.54, 1.807) is 29.2 Å². The number of hydrogen-bond acceptors (Lipinski definition) is 8. The van der Waals surface area contributed by atoms with E-state index in [0.717, 1.165) is 5.56 Å². The summed E-state index contributed by atoms with van der Waals surface area (Å²) in [6.45, 7) is 6.67. The van der Waals surface area contributed by atoms with Gasteiger partial charge in [0.25, 0.3) is 11.6 Å². The first-order chi connectivity index (χ1) is 17.5. The lowest BCUT2D eigenvalue weighted by Crippen LogP contribution is -2.44. The van der Waals surface area contributed by atoms with Gasteiger partial charge in [-0.1, -0.05) is 6.07 Å². The van der Waals surface area contributed by atoms with Crippen LogP contribution in [0.1, 0.15) is 49.5 Å². The molecule has 1 saturated heterocycles. The highest BCUT2D eigenvalue weighted by Gasteiger charge is 2.28. The van der Waals surface area contributed by atoms with Crippen LogP contribution in [0.5, 0.6) is 11.5 Å². The van der Waals surface area contributed by atoms with Crippen molar-refractivity contribution in [3.8, 4) is 11.5 Å². The van der Waals surface area contributed by atoms with Crippen LogP contribution in [0.15, 0.2) is 36.4 Å². The molecule has 0 spiro atoms. The van der Waals surface area contributed by atoms with E-state index in [0.29, 0.717) is 43.1 Å². The summed E-state index contributed by atoms with van der Waals surface area (Å²) in [7, 11) is 3.07. The van der Waals surface area contributed by atoms with Crippen LogP contribution in [-0.2, 0) is 11.3 Å². The molecule has 0 saturated carbocycles. The smallest absolute Gasteiger partial charge is 0.410 e. The molecule has 200 valence electrons. The lowest BCUT2D eigenvalue weighted by molar-refractivity contribution is -0.384. The summed E-state index contributed by atoms with van der Waals surface area (Å²) >= 11 is 0. The number of nitro benzene ring substituents is 1. The van der Waals surface area contributed by atoms with Gasteiger partial charge in [0.15, 0.2) is 11.5 Å². The highest BCUT2D eigenvalue weighted by molar-refractivity contribution is 6.00. The summed E-state index contributed by atoms with van der Waals surface area (Å²) in [5, 5.41) is 17.5. The highest BCUT2D eigenvalue weighted by Crippen LogP contribution is 2.28. The predicted molar refractivity (Wildman–Crippen MR) is 138 cm³/mol. The molecule has 0 radical (unpaired) electrons. The van der Waals surface area contributed by atoms with E-state index >= 15 is 0 Å². The number of carbonyl (C=O) groups excluding carboxylic acids is 2. The van der Waals surface area contributed by atoms with Crippen molar-refractivity contribution in [2.45, 2.75) is 51.8 Å². The van der Waals surface area contributed by atoms with E-state index in [-0.39, 0.29) is 29.9 Å². The molecule has 3 rings (SSSR count). The molecule has 0 atom stereocenters. The summed E-state index contributed by atoms with van der Waals surface area (Å²) in [5.74, 6) is 0.650. The Kier molecular flexibility index (Phi) is 8.80. The second kappa shape index (κ2) is 11.8. The Morgan fingerprint density at radius 3 is 2.32 bits per heavy atom. The number of rotatable bonds is 8. The molecule has 0 unspecified atom stereocenters. The van der Waals surface area contributed by atoms with Crippen LogP contribution < -0.4 is 20.1 Å². The number of methoxy groups -OCH3 is 2. The Bertz CT molecular complexity index is 1140. The molecule has 2 amide bonds. The largest absolute Gasteiger partial charge is 0.493 e. The standard InChI is InChI=1S/C26H34N4O7/c1-26(2,3)37-25(32)29-12-10-18(11-13-29)28-21-8-7-19(30(33)34)15-20(21)24(31)27-16-17-6-9-22(35-4)23(14-17)36-5/h6-9,14-15,18,28H,10-13,16H2,1-5H3,(H,27,31). The average molecular weight is 515 g/mol. The molecule has 0 bridgehead atoms. The molecule has 0 aromatic heterocycles. The van der Waals surface area contributed by atoms with Crippen LogP contribution in [-0.4, -0.2) is 60.8 Å². The van der Waals surface area contributed by atoms with Crippen LogP contribution in [0.4, 0.5) is 16.2 Å². The maximum absolute atomic E-state index is 13.1. The topological polar surface area (TPSA) is 132 Å². The normalized spacial score (nSPS) is 14.0. The van der Waals surface area contributed by atoms with Gasteiger partial charge in [0.05, 0.1) is 24.7 Å². The molecule has 0 aliphatic carbocycles. The minimum atomic E-state index is -0.565. The molecule has 1 heterocycles.